The molecule has 21 heavy (non-hydrogen) atoms. The Morgan fingerprint density at radius 1 is 1.19 bits per heavy atom. The lowest BCUT2D eigenvalue weighted by Gasteiger charge is -2.28. The molecule has 3 nitrogen and oxygen atoms in total. The van der Waals surface area contributed by atoms with Crippen LogP contribution in [0.1, 0.15) is 50.6 Å². The first kappa shape index (κ1) is 15.2. The number of hydrogen-bond acceptors (Lipinski definition) is 3. The summed E-state index contributed by atoms with van der Waals surface area (Å²) in [5.41, 5.74) is 1.32. The van der Waals surface area contributed by atoms with Crippen molar-refractivity contribution in [2.75, 3.05) is 19.8 Å². The van der Waals surface area contributed by atoms with E-state index in [1.807, 2.05) is 0 Å². The van der Waals surface area contributed by atoms with Crippen LogP contribution in [0.15, 0.2) is 16.6 Å². The van der Waals surface area contributed by atoms with Gasteiger partial charge in [-0.05, 0) is 49.4 Å². The standard InChI is InChI=1S/C17H24BrNO2/c1-2-7-19-17(12-5-3-4-6-12)13-10-15-16(11-14(13)18)21-9-8-20-15/h10-12,17,19H,2-9H2,1H3. The van der Waals surface area contributed by atoms with Crippen LogP contribution in [0, 0.1) is 5.92 Å². The number of ether oxygens (including phenoxy) is 2. The van der Waals surface area contributed by atoms with Crippen LogP contribution < -0.4 is 14.8 Å². The summed E-state index contributed by atoms with van der Waals surface area (Å²) in [7, 11) is 0. The molecular formula is C17H24BrNO2. The molecule has 0 spiro atoms. The second-order valence-corrected chi connectivity index (χ2v) is 6.85. The van der Waals surface area contributed by atoms with Gasteiger partial charge in [-0.2, -0.15) is 0 Å². The molecule has 3 rings (SSSR count). The lowest BCUT2D eigenvalue weighted by molar-refractivity contribution is 0.171. The molecule has 1 saturated carbocycles. The maximum Gasteiger partial charge on any atom is 0.162 e. The van der Waals surface area contributed by atoms with Gasteiger partial charge in [0.15, 0.2) is 11.5 Å². The van der Waals surface area contributed by atoms with Gasteiger partial charge in [0, 0.05) is 10.5 Å². The van der Waals surface area contributed by atoms with Gasteiger partial charge in [0.1, 0.15) is 13.2 Å². The molecule has 0 bridgehead atoms. The van der Waals surface area contributed by atoms with Crippen molar-refractivity contribution < 1.29 is 9.47 Å². The third kappa shape index (κ3) is 3.37. The van der Waals surface area contributed by atoms with Gasteiger partial charge in [0.2, 0.25) is 0 Å². The summed E-state index contributed by atoms with van der Waals surface area (Å²) in [6.45, 7) is 4.56. The number of benzene rings is 1. The largest absolute Gasteiger partial charge is 0.486 e. The van der Waals surface area contributed by atoms with Gasteiger partial charge in [-0.15, -0.1) is 0 Å². The Labute approximate surface area is 135 Å². The van der Waals surface area contributed by atoms with E-state index in [0.717, 1.165) is 34.9 Å². The minimum atomic E-state index is 0.414. The minimum absolute atomic E-state index is 0.414. The Bertz CT molecular complexity index is 486. The van der Waals surface area contributed by atoms with Crippen molar-refractivity contribution in [1.82, 2.24) is 5.32 Å². The summed E-state index contributed by atoms with van der Waals surface area (Å²) < 4.78 is 12.6. The van der Waals surface area contributed by atoms with Crippen LogP contribution in [-0.4, -0.2) is 19.8 Å². The van der Waals surface area contributed by atoms with E-state index in [0.29, 0.717) is 19.3 Å². The lowest BCUT2D eigenvalue weighted by Crippen LogP contribution is -2.28. The molecule has 4 heteroatoms. The molecule has 1 heterocycles. The number of nitrogens with one attached hydrogen (secondary N) is 1. The van der Waals surface area contributed by atoms with Crippen LogP contribution in [0.25, 0.3) is 0 Å². The zero-order chi connectivity index (χ0) is 14.7. The highest BCUT2D eigenvalue weighted by Gasteiger charge is 2.28. The first-order valence-electron chi connectivity index (χ1n) is 8.12. The average molecular weight is 354 g/mol. The van der Waals surface area contributed by atoms with Gasteiger partial charge in [0.25, 0.3) is 0 Å². The first-order chi connectivity index (χ1) is 10.3. The summed E-state index contributed by atoms with van der Waals surface area (Å²) in [6, 6.07) is 4.65. The van der Waals surface area contributed by atoms with Crippen molar-refractivity contribution in [3.05, 3.63) is 22.2 Å². The Balaban J connectivity index is 1.89. The molecule has 0 saturated heterocycles. The fourth-order valence-electron chi connectivity index (χ4n) is 3.44. The number of halogens is 1. The summed E-state index contributed by atoms with van der Waals surface area (Å²) in [6.07, 6.45) is 6.52. The molecule has 1 fully saturated rings. The van der Waals surface area contributed by atoms with E-state index in [9.17, 15) is 0 Å². The smallest absolute Gasteiger partial charge is 0.162 e. The van der Waals surface area contributed by atoms with Gasteiger partial charge in [-0.25, -0.2) is 0 Å². The predicted molar refractivity (Wildman–Crippen MR) is 88.1 cm³/mol. The average Bonchev–Trinajstić information content (AvgIpc) is 3.02. The van der Waals surface area contributed by atoms with Gasteiger partial charge in [-0.3, -0.25) is 0 Å². The molecule has 2 aliphatic rings. The van der Waals surface area contributed by atoms with Gasteiger partial charge < -0.3 is 14.8 Å². The molecule has 1 aliphatic heterocycles. The molecule has 0 aromatic heterocycles. The van der Waals surface area contributed by atoms with Crippen molar-refractivity contribution in [1.29, 1.82) is 0 Å². The van der Waals surface area contributed by atoms with Crippen LogP contribution in [-0.2, 0) is 0 Å². The van der Waals surface area contributed by atoms with Crippen LogP contribution in [0.2, 0.25) is 0 Å². The molecule has 0 radical (unpaired) electrons. The SMILES string of the molecule is CCCNC(c1cc2c(cc1Br)OCCO2)C1CCCC1. The molecule has 1 aliphatic carbocycles. The van der Waals surface area contributed by atoms with Crippen molar-refractivity contribution in [2.45, 2.75) is 45.1 Å². The van der Waals surface area contributed by atoms with E-state index in [2.05, 4.69) is 40.3 Å². The maximum absolute atomic E-state index is 5.76. The maximum atomic E-state index is 5.76. The normalized spacial score (nSPS) is 19.7. The molecule has 0 amide bonds. The van der Waals surface area contributed by atoms with Gasteiger partial charge >= 0.3 is 0 Å². The second-order valence-electron chi connectivity index (χ2n) is 5.99. The van der Waals surface area contributed by atoms with Crippen molar-refractivity contribution in [2.24, 2.45) is 5.92 Å². The quantitative estimate of drug-likeness (QED) is 0.847. The fraction of sp³-hybridized carbons (Fsp3) is 0.647. The summed E-state index contributed by atoms with van der Waals surface area (Å²) in [5.74, 6) is 2.48. The highest BCUT2D eigenvalue weighted by molar-refractivity contribution is 9.10. The number of hydrogen-bond donors (Lipinski definition) is 1. The molecule has 1 aromatic carbocycles. The van der Waals surface area contributed by atoms with Crippen molar-refractivity contribution >= 4 is 15.9 Å². The topological polar surface area (TPSA) is 30.5 Å². The highest BCUT2D eigenvalue weighted by atomic mass is 79.9. The summed E-state index contributed by atoms with van der Waals surface area (Å²) in [4.78, 5) is 0. The summed E-state index contributed by atoms with van der Waals surface area (Å²) in [5, 5.41) is 3.75. The van der Waals surface area contributed by atoms with Gasteiger partial charge in [0.05, 0.1) is 0 Å². The van der Waals surface area contributed by atoms with E-state index in [4.69, 9.17) is 9.47 Å². The molecule has 1 N–H and O–H groups in total. The predicted octanol–water partition coefficient (Wildman–Crippen LogP) is 4.45. The van der Waals surface area contributed by atoms with Crippen LogP contribution in [0.4, 0.5) is 0 Å². The van der Waals surface area contributed by atoms with E-state index in [1.54, 1.807) is 0 Å². The third-order valence-electron chi connectivity index (χ3n) is 4.48. The van der Waals surface area contributed by atoms with E-state index >= 15 is 0 Å². The molecule has 1 unspecified atom stereocenters. The molecular weight excluding hydrogens is 330 g/mol. The monoisotopic (exact) mass is 353 g/mol. The highest BCUT2D eigenvalue weighted by Crippen LogP contribution is 2.43. The zero-order valence-electron chi connectivity index (χ0n) is 12.7. The fourth-order valence-corrected chi connectivity index (χ4v) is 4.01. The first-order valence-corrected chi connectivity index (χ1v) is 8.91. The third-order valence-corrected chi connectivity index (χ3v) is 5.17. The van der Waals surface area contributed by atoms with Crippen molar-refractivity contribution in [3.8, 4) is 11.5 Å². The Morgan fingerprint density at radius 3 is 2.52 bits per heavy atom. The van der Waals surface area contributed by atoms with Crippen molar-refractivity contribution in [3.63, 3.8) is 0 Å². The zero-order valence-corrected chi connectivity index (χ0v) is 14.2. The van der Waals surface area contributed by atoms with E-state index < -0.39 is 0 Å². The Kier molecular flexibility index (Phi) is 5.07. The minimum Gasteiger partial charge on any atom is -0.486 e. The van der Waals surface area contributed by atoms with E-state index in [-0.39, 0.29) is 0 Å². The molecule has 1 aromatic rings. The van der Waals surface area contributed by atoms with E-state index in [1.165, 1.54) is 31.2 Å². The Hall–Kier alpha value is -0.740. The van der Waals surface area contributed by atoms with Crippen LogP contribution in [0.5, 0.6) is 11.5 Å². The van der Waals surface area contributed by atoms with Crippen LogP contribution in [0.3, 0.4) is 0 Å². The second kappa shape index (κ2) is 7.01. The molecule has 1 atom stereocenters. The lowest BCUT2D eigenvalue weighted by atomic mass is 9.91. The molecule has 116 valence electrons. The number of fused-ring (bicyclic) bond motifs is 1. The Morgan fingerprint density at radius 2 is 1.86 bits per heavy atom. The number of rotatable bonds is 5. The van der Waals surface area contributed by atoms with Gasteiger partial charge in [-0.1, -0.05) is 35.7 Å². The van der Waals surface area contributed by atoms with Crippen LogP contribution >= 0.6 is 15.9 Å². The summed E-state index contributed by atoms with van der Waals surface area (Å²) >= 11 is 3.74.